The number of ether oxygens (including phenoxy) is 2. The highest BCUT2D eigenvalue weighted by molar-refractivity contribution is 7.10. The molecule has 0 radical (unpaired) electrons. The van der Waals surface area contributed by atoms with Crippen LogP contribution in [-0.4, -0.2) is 44.5 Å². The van der Waals surface area contributed by atoms with Crippen molar-refractivity contribution >= 4 is 34.2 Å². The third-order valence-corrected chi connectivity index (χ3v) is 5.34. The lowest BCUT2D eigenvalue weighted by molar-refractivity contribution is 0.102. The van der Waals surface area contributed by atoms with Crippen LogP contribution < -0.4 is 14.8 Å². The molecule has 2 aromatic carbocycles. The molecule has 0 unspecified atom stereocenters. The molecule has 0 spiro atoms. The van der Waals surface area contributed by atoms with Gasteiger partial charge in [0.1, 0.15) is 17.2 Å². The fourth-order valence-electron chi connectivity index (χ4n) is 2.88. The molecule has 0 saturated carbocycles. The SMILES string of the molecule is COc1ccc(C(=O)Nc2nc(-c3nnn(-c4cc(Cl)ccc4OC)c3C)ns2)cc1. The average molecular weight is 457 g/mol. The van der Waals surface area contributed by atoms with Crippen molar-refractivity contribution in [1.29, 1.82) is 0 Å². The van der Waals surface area contributed by atoms with Gasteiger partial charge >= 0.3 is 0 Å². The number of hydrogen-bond acceptors (Lipinski definition) is 8. The molecular formula is C20H17ClN6O3S. The van der Waals surface area contributed by atoms with E-state index in [0.29, 0.717) is 50.1 Å². The molecule has 0 aliphatic rings. The Balaban J connectivity index is 1.57. The van der Waals surface area contributed by atoms with E-state index >= 15 is 0 Å². The van der Waals surface area contributed by atoms with Crippen LogP contribution in [0.5, 0.6) is 11.5 Å². The van der Waals surface area contributed by atoms with Crippen LogP contribution in [0.1, 0.15) is 16.1 Å². The highest BCUT2D eigenvalue weighted by atomic mass is 35.5. The van der Waals surface area contributed by atoms with E-state index in [0.717, 1.165) is 11.5 Å². The number of benzene rings is 2. The maximum absolute atomic E-state index is 12.4. The van der Waals surface area contributed by atoms with Crippen LogP contribution in [-0.2, 0) is 0 Å². The first-order chi connectivity index (χ1) is 15.0. The number of carbonyl (C=O) groups is 1. The second-order valence-corrected chi connectivity index (χ2v) is 7.55. The van der Waals surface area contributed by atoms with Crippen molar-refractivity contribution < 1.29 is 14.3 Å². The quantitative estimate of drug-likeness (QED) is 0.467. The first-order valence-electron chi connectivity index (χ1n) is 9.06. The van der Waals surface area contributed by atoms with Gasteiger partial charge in [0, 0.05) is 22.1 Å². The summed E-state index contributed by atoms with van der Waals surface area (Å²) in [6.45, 7) is 1.84. The van der Waals surface area contributed by atoms with Crippen LogP contribution in [0, 0.1) is 6.92 Å². The van der Waals surface area contributed by atoms with Gasteiger partial charge in [-0.15, -0.1) is 5.10 Å². The van der Waals surface area contributed by atoms with Gasteiger partial charge in [0.2, 0.25) is 5.13 Å². The topological polar surface area (TPSA) is 104 Å². The zero-order chi connectivity index (χ0) is 22.0. The van der Waals surface area contributed by atoms with Crippen LogP contribution in [0.15, 0.2) is 42.5 Å². The van der Waals surface area contributed by atoms with Crippen LogP contribution in [0.2, 0.25) is 5.02 Å². The summed E-state index contributed by atoms with van der Waals surface area (Å²) in [5.74, 6) is 1.33. The minimum absolute atomic E-state index is 0.297. The van der Waals surface area contributed by atoms with Gasteiger partial charge in [-0.25, -0.2) is 4.68 Å². The predicted molar refractivity (Wildman–Crippen MR) is 118 cm³/mol. The molecule has 0 aliphatic carbocycles. The third-order valence-electron chi connectivity index (χ3n) is 4.47. The largest absolute Gasteiger partial charge is 0.497 e. The molecule has 2 aromatic heterocycles. The van der Waals surface area contributed by atoms with Crippen molar-refractivity contribution in [2.75, 3.05) is 19.5 Å². The minimum atomic E-state index is -0.297. The van der Waals surface area contributed by atoms with Crippen molar-refractivity contribution in [2.24, 2.45) is 0 Å². The van der Waals surface area contributed by atoms with E-state index in [1.165, 1.54) is 0 Å². The fraction of sp³-hybridized carbons (Fsp3) is 0.150. The molecule has 0 bridgehead atoms. The van der Waals surface area contributed by atoms with Crippen molar-refractivity contribution in [2.45, 2.75) is 6.92 Å². The van der Waals surface area contributed by atoms with Gasteiger partial charge in [-0.1, -0.05) is 16.8 Å². The van der Waals surface area contributed by atoms with Gasteiger partial charge in [-0.3, -0.25) is 10.1 Å². The lowest BCUT2D eigenvalue weighted by Gasteiger charge is -2.09. The molecule has 0 aliphatic heterocycles. The van der Waals surface area contributed by atoms with Crippen LogP contribution in [0.4, 0.5) is 5.13 Å². The molecule has 0 fully saturated rings. The van der Waals surface area contributed by atoms with Crippen LogP contribution in [0.25, 0.3) is 17.2 Å². The summed E-state index contributed by atoms with van der Waals surface area (Å²) in [6.07, 6.45) is 0. The van der Waals surface area contributed by atoms with E-state index in [9.17, 15) is 4.79 Å². The van der Waals surface area contributed by atoms with Crippen LogP contribution in [0.3, 0.4) is 0 Å². The van der Waals surface area contributed by atoms with Crippen molar-refractivity contribution in [3.05, 3.63) is 58.7 Å². The Bertz CT molecular complexity index is 1240. The van der Waals surface area contributed by atoms with E-state index in [2.05, 4.69) is 25.0 Å². The van der Waals surface area contributed by atoms with Crippen LogP contribution >= 0.6 is 23.1 Å². The Morgan fingerprint density at radius 1 is 1.13 bits per heavy atom. The molecule has 0 saturated heterocycles. The molecule has 1 N–H and O–H groups in total. The molecule has 31 heavy (non-hydrogen) atoms. The average Bonchev–Trinajstić information content (AvgIpc) is 3.39. The molecule has 4 rings (SSSR count). The third kappa shape index (κ3) is 4.21. The number of methoxy groups -OCH3 is 2. The minimum Gasteiger partial charge on any atom is -0.497 e. The summed E-state index contributed by atoms with van der Waals surface area (Å²) < 4.78 is 16.4. The zero-order valence-electron chi connectivity index (χ0n) is 16.8. The Morgan fingerprint density at radius 3 is 2.61 bits per heavy atom. The molecular weight excluding hydrogens is 440 g/mol. The maximum Gasteiger partial charge on any atom is 0.257 e. The Kier molecular flexibility index (Phi) is 5.83. The number of nitrogens with zero attached hydrogens (tertiary/aromatic N) is 5. The maximum atomic E-state index is 12.4. The van der Waals surface area contributed by atoms with E-state index in [-0.39, 0.29) is 5.91 Å². The number of halogens is 1. The summed E-state index contributed by atoms with van der Waals surface area (Å²) in [5, 5.41) is 12.0. The highest BCUT2D eigenvalue weighted by Crippen LogP contribution is 2.29. The van der Waals surface area contributed by atoms with Gasteiger partial charge in [0.15, 0.2) is 11.5 Å². The highest BCUT2D eigenvalue weighted by Gasteiger charge is 2.19. The molecule has 9 nitrogen and oxygen atoms in total. The van der Waals surface area contributed by atoms with Gasteiger partial charge in [0.25, 0.3) is 5.91 Å². The fourth-order valence-corrected chi connectivity index (χ4v) is 3.61. The zero-order valence-corrected chi connectivity index (χ0v) is 18.4. The molecule has 4 aromatic rings. The summed E-state index contributed by atoms with van der Waals surface area (Å²) in [6, 6.07) is 12.0. The smallest absolute Gasteiger partial charge is 0.257 e. The molecule has 2 heterocycles. The summed E-state index contributed by atoms with van der Waals surface area (Å²) in [5.41, 5.74) is 2.32. The molecule has 11 heteroatoms. The van der Waals surface area contributed by atoms with Gasteiger partial charge in [0.05, 0.1) is 19.9 Å². The van der Waals surface area contributed by atoms with Crippen molar-refractivity contribution in [3.8, 4) is 28.7 Å². The number of carbonyl (C=O) groups excluding carboxylic acids is 1. The first kappa shape index (κ1) is 20.8. The molecule has 158 valence electrons. The number of aromatic nitrogens is 5. The van der Waals surface area contributed by atoms with E-state index < -0.39 is 0 Å². The summed E-state index contributed by atoms with van der Waals surface area (Å²) in [4.78, 5) is 16.8. The van der Waals surface area contributed by atoms with E-state index in [1.54, 1.807) is 61.4 Å². The van der Waals surface area contributed by atoms with Crippen molar-refractivity contribution in [3.63, 3.8) is 0 Å². The standard InChI is InChI=1S/C20H17ClN6O3S/c1-11-17(24-26-27(11)15-10-13(21)6-9-16(15)30-3)18-22-20(31-25-18)23-19(28)12-4-7-14(29-2)8-5-12/h4-10H,1-3H3,(H,22,23,25,28). The number of hydrogen-bond donors (Lipinski definition) is 1. The Hall–Kier alpha value is -3.50. The summed E-state index contributed by atoms with van der Waals surface area (Å²) >= 11 is 7.19. The lowest BCUT2D eigenvalue weighted by atomic mass is 10.2. The van der Waals surface area contributed by atoms with Crippen molar-refractivity contribution in [1.82, 2.24) is 24.4 Å². The van der Waals surface area contributed by atoms with E-state index in [4.69, 9.17) is 21.1 Å². The van der Waals surface area contributed by atoms with E-state index in [1.807, 2.05) is 6.92 Å². The Morgan fingerprint density at radius 2 is 1.90 bits per heavy atom. The lowest BCUT2D eigenvalue weighted by Crippen LogP contribution is -2.11. The molecule has 0 atom stereocenters. The normalized spacial score (nSPS) is 10.7. The summed E-state index contributed by atoms with van der Waals surface area (Å²) in [7, 11) is 3.14. The number of rotatable bonds is 6. The van der Waals surface area contributed by atoms with Gasteiger partial charge in [-0.05, 0) is 49.4 Å². The number of amides is 1. The van der Waals surface area contributed by atoms with Gasteiger partial charge < -0.3 is 9.47 Å². The second-order valence-electron chi connectivity index (χ2n) is 6.36. The predicted octanol–water partition coefficient (Wildman–Crippen LogP) is 4.02. The van der Waals surface area contributed by atoms with Gasteiger partial charge in [-0.2, -0.15) is 9.36 Å². The molecule has 1 amide bonds. The monoisotopic (exact) mass is 456 g/mol. The number of anilines is 1. The second kappa shape index (κ2) is 8.70. The Labute approximate surface area is 186 Å². The first-order valence-corrected chi connectivity index (χ1v) is 10.2. The number of nitrogens with one attached hydrogen (secondary N) is 1.